The summed E-state index contributed by atoms with van der Waals surface area (Å²) in [6.45, 7) is 2.56. The van der Waals surface area contributed by atoms with Crippen molar-refractivity contribution in [3.05, 3.63) is 51.5 Å². The number of thiophene rings is 1. The zero-order chi connectivity index (χ0) is 22.3. The van der Waals surface area contributed by atoms with E-state index in [-0.39, 0.29) is 16.6 Å². The summed E-state index contributed by atoms with van der Waals surface area (Å²) in [7, 11) is 0. The van der Waals surface area contributed by atoms with Gasteiger partial charge in [-0.3, -0.25) is 4.90 Å². The lowest BCUT2D eigenvalue weighted by molar-refractivity contribution is -0.126. The van der Waals surface area contributed by atoms with Crippen LogP contribution in [0.2, 0.25) is 0 Å². The summed E-state index contributed by atoms with van der Waals surface area (Å²) in [5.41, 5.74) is 2.52. The number of aromatic amines is 2. The predicted octanol–water partition coefficient (Wildman–Crippen LogP) is 4.04. The van der Waals surface area contributed by atoms with E-state index in [0.29, 0.717) is 16.0 Å². The zero-order valence-electron chi connectivity index (χ0n) is 17.0. The lowest BCUT2D eigenvalue weighted by Crippen LogP contribution is -2.38. The monoisotopic (exact) mass is 462 g/mol. The Kier molecular flexibility index (Phi) is 5.38. The first-order valence-corrected chi connectivity index (χ1v) is 11.1. The third-order valence-corrected chi connectivity index (χ3v) is 6.71. The van der Waals surface area contributed by atoms with Crippen molar-refractivity contribution in [3.63, 3.8) is 0 Å². The highest BCUT2D eigenvalue weighted by Gasteiger charge is 2.29. The minimum atomic E-state index is -4.24. The first kappa shape index (κ1) is 21.0. The maximum absolute atomic E-state index is 12.7. The number of fused-ring (bicyclic) bond motifs is 2. The molecule has 1 aliphatic heterocycles. The van der Waals surface area contributed by atoms with Crippen LogP contribution in [0.4, 0.5) is 19.0 Å². The molecule has 168 valence electrons. The Balaban J connectivity index is 1.22. The lowest BCUT2D eigenvalue weighted by Gasteiger charge is -2.32. The molecule has 0 amide bonds. The Labute approximate surface area is 184 Å². The second kappa shape index (κ2) is 8.21. The van der Waals surface area contributed by atoms with E-state index in [1.807, 2.05) is 18.2 Å². The van der Waals surface area contributed by atoms with Gasteiger partial charge in [0.1, 0.15) is 17.0 Å². The first-order chi connectivity index (χ1) is 15.3. The van der Waals surface area contributed by atoms with Gasteiger partial charge in [0, 0.05) is 30.6 Å². The largest absolute Gasteiger partial charge is 0.393 e. The van der Waals surface area contributed by atoms with E-state index >= 15 is 0 Å². The van der Waals surface area contributed by atoms with Crippen LogP contribution in [-0.2, 0) is 13.0 Å². The number of anilines is 1. The Morgan fingerprint density at radius 2 is 1.91 bits per heavy atom. The van der Waals surface area contributed by atoms with Crippen molar-refractivity contribution in [1.82, 2.24) is 24.8 Å². The molecule has 0 aliphatic carbocycles. The number of hydrogen-bond donors (Lipinski definition) is 3. The van der Waals surface area contributed by atoms with Crippen molar-refractivity contribution in [2.45, 2.75) is 38.0 Å². The van der Waals surface area contributed by atoms with Crippen molar-refractivity contribution in [2.24, 2.45) is 0 Å². The molecule has 1 saturated heterocycles. The van der Waals surface area contributed by atoms with Gasteiger partial charge in [0.15, 0.2) is 0 Å². The van der Waals surface area contributed by atoms with Gasteiger partial charge in [-0.25, -0.2) is 14.8 Å². The van der Waals surface area contributed by atoms with Gasteiger partial charge in [-0.1, -0.05) is 6.07 Å². The van der Waals surface area contributed by atoms with Gasteiger partial charge in [0.2, 0.25) is 0 Å². The number of benzene rings is 1. The van der Waals surface area contributed by atoms with E-state index in [2.05, 4.69) is 30.2 Å². The van der Waals surface area contributed by atoms with Gasteiger partial charge >= 0.3 is 11.9 Å². The highest BCUT2D eigenvalue weighted by molar-refractivity contribution is 7.18. The van der Waals surface area contributed by atoms with Gasteiger partial charge < -0.3 is 15.3 Å². The number of nitrogens with zero attached hydrogens (tertiary/aromatic N) is 3. The molecule has 4 aromatic rings. The molecule has 0 radical (unpaired) electrons. The molecule has 0 saturated carbocycles. The second-order valence-corrected chi connectivity index (χ2v) is 9.21. The van der Waals surface area contributed by atoms with Crippen LogP contribution in [0, 0.1) is 0 Å². The van der Waals surface area contributed by atoms with Gasteiger partial charge in [-0.15, -0.1) is 11.3 Å². The molecule has 0 unspecified atom stereocenters. The molecule has 0 spiro atoms. The number of rotatable bonds is 5. The van der Waals surface area contributed by atoms with Crippen LogP contribution < -0.4 is 11.0 Å². The summed E-state index contributed by atoms with van der Waals surface area (Å²) in [5.74, 6) is 0.597. The molecule has 4 heterocycles. The van der Waals surface area contributed by atoms with Gasteiger partial charge in [-0.05, 0) is 36.6 Å². The number of aromatic nitrogens is 4. The number of alkyl halides is 3. The zero-order valence-corrected chi connectivity index (χ0v) is 17.8. The number of likely N-dealkylation sites (tertiary alicyclic amines) is 1. The standard InChI is InChI=1S/C21H21F3N6OS/c22-21(23,24)9-14-8-15-18(25-11-26-19(15)32-14)27-13-3-5-30(6-4-13)10-12-1-2-16-17(7-12)29-20(31)28-16/h1-2,7-8,11,13H,3-6,9-10H2,(H,25,26,27)(H2,28,29,31). The summed E-state index contributed by atoms with van der Waals surface area (Å²) in [6, 6.07) is 7.66. The fourth-order valence-corrected chi connectivity index (χ4v) is 5.20. The van der Waals surface area contributed by atoms with E-state index < -0.39 is 12.6 Å². The fraction of sp³-hybridized carbons (Fsp3) is 0.381. The van der Waals surface area contributed by atoms with E-state index in [9.17, 15) is 18.0 Å². The molecular formula is C21H21F3N6OS. The van der Waals surface area contributed by atoms with E-state index in [4.69, 9.17) is 0 Å². The second-order valence-electron chi connectivity index (χ2n) is 8.10. The van der Waals surface area contributed by atoms with Crippen molar-refractivity contribution in [2.75, 3.05) is 18.4 Å². The third-order valence-electron chi connectivity index (χ3n) is 5.67. The smallest absolute Gasteiger partial charge is 0.367 e. The molecule has 0 bridgehead atoms. The summed E-state index contributed by atoms with van der Waals surface area (Å²) >= 11 is 1.06. The molecule has 1 aromatic carbocycles. The Bertz CT molecular complexity index is 1300. The quantitative estimate of drug-likeness (QED) is 0.417. The minimum Gasteiger partial charge on any atom is -0.367 e. The fourth-order valence-electron chi connectivity index (χ4n) is 4.17. The van der Waals surface area contributed by atoms with Crippen LogP contribution in [0.3, 0.4) is 0 Å². The van der Waals surface area contributed by atoms with Crippen molar-refractivity contribution < 1.29 is 13.2 Å². The number of piperidine rings is 1. The molecule has 32 heavy (non-hydrogen) atoms. The molecular weight excluding hydrogens is 441 g/mol. The van der Waals surface area contributed by atoms with Crippen LogP contribution in [0.15, 0.2) is 35.4 Å². The van der Waals surface area contributed by atoms with Crippen LogP contribution in [0.25, 0.3) is 21.3 Å². The molecule has 5 rings (SSSR count). The van der Waals surface area contributed by atoms with Crippen molar-refractivity contribution in [1.29, 1.82) is 0 Å². The Morgan fingerprint density at radius 1 is 1.12 bits per heavy atom. The maximum atomic E-state index is 12.7. The average Bonchev–Trinajstić information content (AvgIpc) is 3.30. The number of hydrogen-bond acceptors (Lipinski definition) is 6. The van der Waals surface area contributed by atoms with E-state index in [1.165, 1.54) is 6.33 Å². The molecule has 1 fully saturated rings. The lowest BCUT2D eigenvalue weighted by atomic mass is 10.0. The van der Waals surface area contributed by atoms with Gasteiger partial charge in [0.05, 0.1) is 22.8 Å². The number of halogens is 3. The van der Waals surface area contributed by atoms with Crippen molar-refractivity contribution in [3.8, 4) is 0 Å². The molecule has 1 aliphatic rings. The number of H-pyrrole nitrogens is 2. The first-order valence-electron chi connectivity index (χ1n) is 10.3. The van der Waals surface area contributed by atoms with Gasteiger partial charge in [0.25, 0.3) is 0 Å². The molecule has 0 atom stereocenters. The van der Waals surface area contributed by atoms with Gasteiger partial charge in [-0.2, -0.15) is 13.2 Å². The SMILES string of the molecule is O=c1[nH]c2ccc(CN3CCC(Nc4ncnc5sc(CC(F)(F)F)cc45)CC3)cc2[nH]1. The van der Waals surface area contributed by atoms with E-state index in [1.54, 1.807) is 6.07 Å². The molecule has 3 aromatic heterocycles. The normalized spacial score (nSPS) is 16.2. The highest BCUT2D eigenvalue weighted by atomic mass is 32.1. The Morgan fingerprint density at radius 3 is 2.69 bits per heavy atom. The van der Waals surface area contributed by atoms with Crippen molar-refractivity contribution >= 4 is 38.4 Å². The number of imidazole rings is 1. The van der Waals surface area contributed by atoms with Crippen LogP contribution in [0.1, 0.15) is 23.3 Å². The minimum absolute atomic E-state index is 0.193. The predicted molar refractivity (Wildman–Crippen MR) is 118 cm³/mol. The summed E-state index contributed by atoms with van der Waals surface area (Å²) < 4.78 is 38.2. The molecule has 3 N–H and O–H groups in total. The van der Waals surface area contributed by atoms with Crippen LogP contribution in [0.5, 0.6) is 0 Å². The van der Waals surface area contributed by atoms with Crippen LogP contribution in [-0.4, -0.2) is 50.1 Å². The van der Waals surface area contributed by atoms with Crippen LogP contribution >= 0.6 is 11.3 Å². The number of nitrogens with one attached hydrogen (secondary N) is 3. The van der Waals surface area contributed by atoms with E-state index in [0.717, 1.165) is 60.4 Å². The third kappa shape index (κ3) is 4.63. The summed E-state index contributed by atoms with van der Waals surface area (Å²) in [6.07, 6.45) is -2.00. The summed E-state index contributed by atoms with van der Waals surface area (Å²) in [4.78, 5) is 28.5. The Hall–Kier alpha value is -2.92. The topological polar surface area (TPSA) is 89.7 Å². The highest BCUT2D eigenvalue weighted by Crippen LogP contribution is 2.33. The molecule has 7 nitrogen and oxygen atoms in total. The average molecular weight is 463 g/mol. The summed E-state index contributed by atoms with van der Waals surface area (Å²) in [5, 5.41) is 4.06. The molecule has 11 heteroatoms. The maximum Gasteiger partial charge on any atom is 0.393 e.